The van der Waals surface area contributed by atoms with E-state index >= 15 is 0 Å². The number of rotatable bonds is 27. The fourth-order valence-corrected chi connectivity index (χ4v) is 7.28. The van der Waals surface area contributed by atoms with Crippen LogP contribution < -0.4 is 0 Å². The molecule has 350 valence electrons. The number of hydrogen-bond acceptors (Lipinski definition) is 13. The minimum absolute atomic E-state index is 0.0219. The first-order valence-corrected chi connectivity index (χ1v) is 22.0. The molecule has 0 saturated carbocycles. The lowest BCUT2D eigenvalue weighted by molar-refractivity contribution is -0.355. The van der Waals surface area contributed by atoms with Crippen molar-refractivity contribution in [2.45, 2.75) is 133 Å². The molecular formula is C48H59N3O14. The normalized spacial score (nSPS) is 20.1. The SMILES string of the molecule is CCCCCCCCCCCCCC=C[C@@H](OC(=O)c1ccccc1)[C@H](CO[C@]1(C)O[C@H](COC(=O)O)[C@H](OC(=O)O)[C@H](OC(=O)c2ccccc2)[C@H]1OC(=O)c1ccccc1)N=[N+]=[N-]. The Morgan fingerprint density at radius 2 is 1.22 bits per heavy atom. The van der Waals surface area contributed by atoms with Crippen molar-refractivity contribution in [1.82, 2.24) is 0 Å². The highest BCUT2D eigenvalue weighted by Gasteiger charge is 2.59. The van der Waals surface area contributed by atoms with Crippen molar-refractivity contribution < 1.29 is 67.3 Å². The Morgan fingerprint density at radius 3 is 1.72 bits per heavy atom. The smallest absolute Gasteiger partial charge is 0.454 e. The number of unbranched alkanes of at least 4 members (excludes halogenated alkanes) is 11. The molecular weight excluding hydrogens is 843 g/mol. The molecule has 7 atom stereocenters. The van der Waals surface area contributed by atoms with Gasteiger partial charge in [0.1, 0.15) is 24.9 Å². The van der Waals surface area contributed by atoms with Crippen LogP contribution in [0.3, 0.4) is 0 Å². The van der Waals surface area contributed by atoms with Crippen LogP contribution in [-0.4, -0.2) is 96.0 Å². The van der Waals surface area contributed by atoms with Gasteiger partial charge in [-0.2, -0.15) is 0 Å². The van der Waals surface area contributed by atoms with Gasteiger partial charge in [-0.25, -0.2) is 24.0 Å². The monoisotopic (exact) mass is 901 g/mol. The number of carbonyl (C=O) groups is 5. The minimum Gasteiger partial charge on any atom is -0.454 e. The van der Waals surface area contributed by atoms with E-state index in [9.17, 15) is 39.7 Å². The molecule has 0 unspecified atom stereocenters. The molecule has 65 heavy (non-hydrogen) atoms. The van der Waals surface area contributed by atoms with Crippen molar-refractivity contribution in [2.24, 2.45) is 5.11 Å². The van der Waals surface area contributed by atoms with Gasteiger partial charge in [0.25, 0.3) is 0 Å². The van der Waals surface area contributed by atoms with Gasteiger partial charge in [-0.15, -0.1) is 0 Å². The maximum Gasteiger partial charge on any atom is 0.506 e. The molecule has 1 fully saturated rings. The predicted molar refractivity (Wildman–Crippen MR) is 236 cm³/mol. The zero-order valence-corrected chi connectivity index (χ0v) is 36.8. The quantitative estimate of drug-likeness (QED) is 0.0138. The Balaban J connectivity index is 1.65. The van der Waals surface area contributed by atoms with Crippen molar-refractivity contribution in [3.63, 3.8) is 0 Å². The zero-order chi connectivity index (χ0) is 46.9. The van der Waals surface area contributed by atoms with E-state index in [-0.39, 0.29) is 16.7 Å². The highest BCUT2D eigenvalue weighted by Crippen LogP contribution is 2.38. The number of nitrogens with zero attached hydrogens (tertiary/aromatic N) is 3. The molecule has 1 aliphatic rings. The Labute approximate surface area is 378 Å². The van der Waals surface area contributed by atoms with Crippen LogP contribution in [-0.2, 0) is 33.2 Å². The standard InChI is InChI=1S/C48H59N3O14/c1-3-4-5-6-7-8-9-10-11-12-13-14-24-31-38(61-43(52)34-25-18-15-19-26-34)37(50-51-49)32-60-48(2)42(64-45(54)36-29-22-17-23-30-36)41(62-44(53)35-27-20-16-21-28-35)40(63-47(57)58)39(65-48)33-59-46(55)56/h15-31,37-42H,3-14,32-33H2,1-2H3,(H,55,56)(H,57,58)/t37-,38+,39+,40-,41-,42+,48+/m0/s1. The molecule has 2 N–H and O–H groups in total. The van der Waals surface area contributed by atoms with E-state index in [1.165, 1.54) is 76.1 Å². The van der Waals surface area contributed by atoms with Crippen molar-refractivity contribution >= 4 is 30.2 Å². The summed E-state index contributed by atoms with van der Waals surface area (Å²) in [4.78, 5) is 67.6. The molecule has 3 aromatic carbocycles. The second-order valence-electron chi connectivity index (χ2n) is 15.6. The lowest BCUT2D eigenvalue weighted by Crippen LogP contribution is -2.68. The van der Waals surface area contributed by atoms with Crippen LogP contribution in [0.2, 0.25) is 0 Å². The Kier molecular flexibility index (Phi) is 21.8. The Bertz CT molecular complexity index is 2010. The second-order valence-corrected chi connectivity index (χ2v) is 15.6. The molecule has 1 heterocycles. The van der Waals surface area contributed by atoms with Gasteiger partial charge in [0.15, 0.2) is 18.3 Å². The molecule has 4 rings (SSSR count). The van der Waals surface area contributed by atoms with Crippen molar-refractivity contribution in [2.75, 3.05) is 13.2 Å². The number of esters is 3. The fraction of sp³-hybridized carbons (Fsp3) is 0.479. The van der Waals surface area contributed by atoms with Crippen LogP contribution >= 0.6 is 0 Å². The van der Waals surface area contributed by atoms with Gasteiger partial charge >= 0.3 is 30.2 Å². The average molecular weight is 902 g/mol. The van der Waals surface area contributed by atoms with Crippen molar-refractivity contribution in [3.05, 3.63) is 130 Å². The van der Waals surface area contributed by atoms with Gasteiger partial charge < -0.3 is 43.4 Å². The first kappa shape index (κ1) is 51.2. The van der Waals surface area contributed by atoms with Gasteiger partial charge in [0.2, 0.25) is 5.79 Å². The van der Waals surface area contributed by atoms with Gasteiger partial charge in [-0.1, -0.05) is 137 Å². The minimum atomic E-state index is -2.27. The zero-order valence-electron chi connectivity index (χ0n) is 36.8. The van der Waals surface area contributed by atoms with E-state index in [1.807, 2.05) is 6.08 Å². The van der Waals surface area contributed by atoms with Crippen LogP contribution in [0.25, 0.3) is 10.4 Å². The summed E-state index contributed by atoms with van der Waals surface area (Å²) in [5.41, 5.74) is 10.1. The maximum atomic E-state index is 13.8. The van der Waals surface area contributed by atoms with Gasteiger partial charge in [-0.3, -0.25) is 0 Å². The molecule has 1 saturated heterocycles. The molecule has 0 bridgehead atoms. The summed E-state index contributed by atoms with van der Waals surface area (Å²) < 4.78 is 40.3. The first-order chi connectivity index (χ1) is 31.4. The topological polar surface area (TPSA) is 239 Å². The number of carboxylic acid groups (broad SMARTS) is 2. The summed E-state index contributed by atoms with van der Waals surface area (Å²) in [6.45, 7) is 2.00. The van der Waals surface area contributed by atoms with Crippen LogP contribution in [0.1, 0.15) is 122 Å². The van der Waals surface area contributed by atoms with E-state index in [0.717, 1.165) is 25.7 Å². The van der Waals surface area contributed by atoms with E-state index in [1.54, 1.807) is 72.8 Å². The van der Waals surface area contributed by atoms with E-state index in [4.69, 9.17) is 33.2 Å². The number of hydrogen-bond donors (Lipinski definition) is 2. The molecule has 17 heteroatoms. The summed E-state index contributed by atoms with van der Waals surface area (Å²) in [5, 5.41) is 23.2. The third kappa shape index (κ3) is 17.2. The van der Waals surface area contributed by atoms with E-state index in [2.05, 4.69) is 16.9 Å². The second kappa shape index (κ2) is 27.7. The van der Waals surface area contributed by atoms with E-state index < -0.39 is 85.8 Å². The van der Waals surface area contributed by atoms with Crippen LogP contribution in [0.5, 0.6) is 0 Å². The molecule has 17 nitrogen and oxygen atoms in total. The third-order valence-electron chi connectivity index (χ3n) is 10.7. The number of ether oxygens (including phenoxy) is 7. The highest BCUT2D eigenvalue weighted by molar-refractivity contribution is 5.91. The highest BCUT2D eigenvalue weighted by atomic mass is 16.8. The van der Waals surface area contributed by atoms with Crippen LogP contribution in [0.4, 0.5) is 9.59 Å². The van der Waals surface area contributed by atoms with Crippen LogP contribution in [0.15, 0.2) is 108 Å². The Hall–Kier alpha value is -6.42. The molecule has 3 aromatic rings. The molecule has 0 amide bonds. The van der Waals surface area contributed by atoms with Gasteiger partial charge in [0, 0.05) is 4.91 Å². The Morgan fingerprint density at radius 1 is 0.708 bits per heavy atom. The average Bonchev–Trinajstić information content (AvgIpc) is 3.31. The van der Waals surface area contributed by atoms with Crippen molar-refractivity contribution in [1.29, 1.82) is 0 Å². The summed E-state index contributed by atoms with van der Waals surface area (Å²) in [6, 6.07) is 22.1. The molecule has 0 aromatic heterocycles. The van der Waals surface area contributed by atoms with E-state index in [0.29, 0.717) is 6.42 Å². The molecule has 0 spiro atoms. The number of azide groups is 1. The lowest BCUT2D eigenvalue weighted by Gasteiger charge is -2.49. The lowest BCUT2D eigenvalue weighted by atomic mass is 9.92. The number of allylic oxidation sites excluding steroid dienone is 1. The summed E-state index contributed by atoms with van der Waals surface area (Å²) in [6.07, 6.45) is 4.77. The number of carbonyl (C=O) groups excluding carboxylic acids is 3. The fourth-order valence-electron chi connectivity index (χ4n) is 7.28. The summed E-state index contributed by atoms with van der Waals surface area (Å²) in [7, 11) is 0. The van der Waals surface area contributed by atoms with Crippen molar-refractivity contribution in [3.8, 4) is 0 Å². The van der Waals surface area contributed by atoms with Gasteiger partial charge in [0.05, 0.1) is 23.3 Å². The van der Waals surface area contributed by atoms with Crippen LogP contribution in [0, 0.1) is 0 Å². The predicted octanol–water partition coefficient (Wildman–Crippen LogP) is 10.5. The first-order valence-electron chi connectivity index (χ1n) is 22.0. The molecule has 1 aliphatic heterocycles. The number of benzene rings is 3. The largest absolute Gasteiger partial charge is 0.506 e. The molecule has 0 aliphatic carbocycles. The van der Waals surface area contributed by atoms with Gasteiger partial charge in [-0.05, 0) is 67.8 Å². The molecule has 0 radical (unpaired) electrons. The summed E-state index contributed by atoms with van der Waals surface area (Å²) in [5.74, 6) is -4.97. The maximum absolute atomic E-state index is 13.8. The summed E-state index contributed by atoms with van der Waals surface area (Å²) >= 11 is 0. The third-order valence-corrected chi connectivity index (χ3v) is 10.7.